The molecule has 0 atom stereocenters. The van der Waals surface area contributed by atoms with Gasteiger partial charge in [0.25, 0.3) is 5.91 Å². The summed E-state index contributed by atoms with van der Waals surface area (Å²) in [7, 11) is 0. The van der Waals surface area contributed by atoms with Gasteiger partial charge in [-0.2, -0.15) is 0 Å². The number of anilines is 1. The summed E-state index contributed by atoms with van der Waals surface area (Å²) in [6.07, 6.45) is 0. The number of ether oxygens (including phenoxy) is 1. The SMILES string of the molecule is O=C(Nc1cc(F)c(F)c(F)c1)c1cc(CN2CCOCC2)c(Cl)cc1Cl. The Hall–Kier alpha value is -1.80. The van der Waals surface area contributed by atoms with Crippen molar-refractivity contribution in [1.29, 1.82) is 0 Å². The van der Waals surface area contributed by atoms with E-state index in [9.17, 15) is 18.0 Å². The summed E-state index contributed by atoms with van der Waals surface area (Å²) >= 11 is 12.3. The summed E-state index contributed by atoms with van der Waals surface area (Å²) in [4.78, 5) is 14.6. The van der Waals surface area contributed by atoms with Crippen LogP contribution in [-0.4, -0.2) is 37.1 Å². The van der Waals surface area contributed by atoms with Crippen molar-refractivity contribution in [3.05, 3.63) is 62.9 Å². The van der Waals surface area contributed by atoms with Gasteiger partial charge in [-0.1, -0.05) is 23.2 Å². The van der Waals surface area contributed by atoms with Gasteiger partial charge in [-0.25, -0.2) is 13.2 Å². The number of hydrogen-bond donors (Lipinski definition) is 1. The predicted molar refractivity (Wildman–Crippen MR) is 96.8 cm³/mol. The van der Waals surface area contributed by atoms with Gasteiger partial charge in [0.1, 0.15) is 0 Å². The number of benzene rings is 2. The van der Waals surface area contributed by atoms with Gasteiger partial charge in [-0.3, -0.25) is 9.69 Å². The van der Waals surface area contributed by atoms with Gasteiger partial charge in [0.2, 0.25) is 0 Å². The fraction of sp³-hybridized carbons (Fsp3) is 0.278. The Morgan fingerprint density at radius 2 is 1.67 bits per heavy atom. The van der Waals surface area contributed by atoms with Crippen LogP contribution < -0.4 is 5.32 Å². The minimum Gasteiger partial charge on any atom is -0.379 e. The summed E-state index contributed by atoms with van der Waals surface area (Å²) in [5.74, 6) is -5.10. The fourth-order valence-electron chi connectivity index (χ4n) is 2.72. The molecular weight excluding hydrogens is 404 g/mol. The van der Waals surface area contributed by atoms with Crippen molar-refractivity contribution < 1.29 is 22.7 Å². The van der Waals surface area contributed by atoms with E-state index in [1.807, 2.05) is 0 Å². The maximum atomic E-state index is 13.3. The van der Waals surface area contributed by atoms with Crippen LogP contribution in [-0.2, 0) is 11.3 Å². The zero-order chi connectivity index (χ0) is 19.6. The number of carbonyl (C=O) groups is 1. The van der Waals surface area contributed by atoms with Crippen LogP contribution in [0.5, 0.6) is 0 Å². The minimum absolute atomic E-state index is 0.0892. The molecule has 4 nitrogen and oxygen atoms in total. The molecule has 1 aliphatic rings. The number of amides is 1. The highest BCUT2D eigenvalue weighted by Gasteiger charge is 2.19. The zero-order valence-corrected chi connectivity index (χ0v) is 15.5. The number of rotatable bonds is 4. The van der Waals surface area contributed by atoms with Crippen LogP contribution in [0.1, 0.15) is 15.9 Å². The molecule has 2 aromatic carbocycles. The quantitative estimate of drug-likeness (QED) is 0.743. The lowest BCUT2D eigenvalue weighted by molar-refractivity contribution is 0.0342. The standard InChI is InChI=1S/C18H15Cl2F3N2O2/c19-13-8-14(20)12(5-10(13)9-25-1-3-27-4-2-25)18(26)24-11-6-15(21)17(23)16(22)7-11/h5-8H,1-4,9H2,(H,24,26). The molecule has 0 aliphatic carbocycles. The molecule has 1 aliphatic heterocycles. The molecule has 0 spiro atoms. The molecular formula is C18H15Cl2F3N2O2. The van der Waals surface area contributed by atoms with Gasteiger partial charge in [-0.05, 0) is 17.7 Å². The molecule has 0 bridgehead atoms. The van der Waals surface area contributed by atoms with E-state index in [-0.39, 0.29) is 16.3 Å². The number of nitrogens with zero attached hydrogens (tertiary/aromatic N) is 1. The summed E-state index contributed by atoms with van der Waals surface area (Å²) in [5.41, 5.74) is 0.552. The van der Waals surface area contributed by atoms with Gasteiger partial charge in [0, 0.05) is 42.5 Å². The maximum absolute atomic E-state index is 13.3. The van der Waals surface area contributed by atoms with Crippen LogP contribution in [0.2, 0.25) is 10.0 Å². The van der Waals surface area contributed by atoms with Gasteiger partial charge in [-0.15, -0.1) is 0 Å². The molecule has 2 aromatic rings. The highest BCUT2D eigenvalue weighted by Crippen LogP contribution is 2.28. The van der Waals surface area contributed by atoms with Crippen LogP contribution in [0, 0.1) is 17.5 Å². The largest absolute Gasteiger partial charge is 0.379 e. The Labute approximate surface area is 163 Å². The third-order valence-electron chi connectivity index (χ3n) is 4.12. The maximum Gasteiger partial charge on any atom is 0.257 e. The summed E-state index contributed by atoms with van der Waals surface area (Å²) < 4.78 is 45.0. The van der Waals surface area contributed by atoms with Crippen molar-refractivity contribution in [2.75, 3.05) is 31.6 Å². The second-order valence-corrected chi connectivity index (χ2v) is 6.83. The lowest BCUT2D eigenvalue weighted by Gasteiger charge is -2.27. The molecule has 0 unspecified atom stereocenters. The Balaban J connectivity index is 1.82. The number of hydrogen-bond acceptors (Lipinski definition) is 3. The normalized spacial score (nSPS) is 15.0. The van der Waals surface area contributed by atoms with Gasteiger partial charge in [0.05, 0.1) is 23.8 Å². The molecule has 9 heteroatoms. The minimum atomic E-state index is -1.61. The van der Waals surface area contributed by atoms with Crippen molar-refractivity contribution in [2.24, 2.45) is 0 Å². The predicted octanol–water partition coefficient (Wildman–Crippen LogP) is 4.50. The van der Waals surface area contributed by atoms with Crippen molar-refractivity contribution in [3.63, 3.8) is 0 Å². The highest BCUT2D eigenvalue weighted by atomic mass is 35.5. The van der Waals surface area contributed by atoms with Gasteiger partial charge >= 0.3 is 0 Å². The topological polar surface area (TPSA) is 41.6 Å². The molecule has 1 amide bonds. The lowest BCUT2D eigenvalue weighted by atomic mass is 10.1. The highest BCUT2D eigenvalue weighted by molar-refractivity contribution is 6.37. The lowest BCUT2D eigenvalue weighted by Crippen LogP contribution is -2.35. The second kappa shape index (κ2) is 8.48. The van der Waals surface area contributed by atoms with Crippen LogP contribution >= 0.6 is 23.2 Å². The molecule has 3 rings (SSSR count). The summed E-state index contributed by atoms with van der Waals surface area (Å²) in [6, 6.07) is 4.36. The van der Waals surface area contributed by atoms with Crippen LogP contribution in [0.15, 0.2) is 24.3 Å². The number of morpholine rings is 1. The first-order valence-electron chi connectivity index (χ1n) is 8.09. The molecule has 1 saturated heterocycles. The Kier molecular flexibility index (Phi) is 6.26. The van der Waals surface area contributed by atoms with Gasteiger partial charge in [0.15, 0.2) is 17.5 Å². The molecule has 27 heavy (non-hydrogen) atoms. The Bertz CT molecular complexity index is 851. The van der Waals surface area contributed by atoms with Crippen LogP contribution in [0.25, 0.3) is 0 Å². The molecule has 0 radical (unpaired) electrons. The summed E-state index contributed by atoms with van der Waals surface area (Å²) in [5, 5.41) is 2.81. The van der Waals surface area contributed by atoms with E-state index in [1.54, 1.807) is 0 Å². The molecule has 0 saturated carbocycles. The fourth-order valence-corrected chi connectivity index (χ4v) is 3.24. The van der Waals surface area contributed by atoms with E-state index in [4.69, 9.17) is 27.9 Å². The number of carbonyl (C=O) groups excluding carboxylic acids is 1. The Morgan fingerprint density at radius 1 is 1.04 bits per heavy atom. The van der Waals surface area contributed by atoms with Crippen molar-refractivity contribution in [3.8, 4) is 0 Å². The monoisotopic (exact) mass is 418 g/mol. The van der Waals surface area contributed by atoms with Gasteiger partial charge < -0.3 is 10.1 Å². The molecule has 0 aromatic heterocycles. The second-order valence-electron chi connectivity index (χ2n) is 6.02. The van der Waals surface area contributed by atoms with E-state index in [0.717, 1.165) is 13.1 Å². The first-order valence-corrected chi connectivity index (χ1v) is 8.84. The average molecular weight is 419 g/mol. The van der Waals surface area contributed by atoms with Crippen LogP contribution in [0.3, 0.4) is 0 Å². The first-order chi connectivity index (χ1) is 12.8. The molecule has 1 heterocycles. The third kappa shape index (κ3) is 4.73. The number of nitrogens with one attached hydrogen (secondary N) is 1. The van der Waals surface area contributed by atoms with E-state index in [1.165, 1.54) is 12.1 Å². The number of halogens is 5. The zero-order valence-electron chi connectivity index (χ0n) is 14.0. The smallest absolute Gasteiger partial charge is 0.257 e. The molecule has 1 N–H and O–H groups in total. The van der Waals surface area contributed by atoms with E-state index >= 15 is 0 Å². The molecule has 144 valence electrons. The summed E-state index contributed by atoms with van der Waals surface area (Å²) in [6.45, 7) is 3.18. The Morgan fingerprint density at radius 3 is 2.30 bits per heavy atom. The van der Waals surface area contributed by atoms with Crippen molar-refractivity contribution in [2.45, 2.75) is 6.54 Å². The van der Waals surface area contributed by atoms with Crippen molar-refractivity contribution >= 4 is 34.8 Å². The third-order valence-corrected chi connectivity index (χ3v) is 4.78. The van der Waals surface area contributed by atoms with E-state index in [0.29, 0.717) is 42.5 Å². The van der Waals surface area contributed by atoms with Crippen LogP contribution in [0.4, 0.5) is 18.9 Å². The molecule has 1 fully saturated rings. The average Bonchev–Trinajstić information content (AvgIpc) is 2.62. The van der Waals surface area contributed by atoms with E-state index < -0.39 is 23.4 Å². The van der Waals surface area contributed by atoms with Crippen molar-refractivity contribution in [1.82, 2.24) is 4.90 Å². The first kappa shape index (κ1) is 19.9. The van der Waals surface area contributed by atoms with E-state index in [2.05, 4.69) is 10.2 Å².